The Morgan fingerprint density at radius 2 is 1.85 bits per heavy atom. The Kier molecular flexibility index (Phi) is 3.00. The first kappa shape index (κ1) is 14.8. The van der Waals surface area contributed by atoms with Crippen molar-refractivity contribution < 1.29 is 9.18 Å². The van der Waals surface area contributed by atoms with Crippen molar-refractivity contribution in [1.82, 2.24) is 14.4 Å². The molecule has 0 saturated carbocycles. The van der Waals surface area contributed by atoms with Gasteiger partial charge in [0.1, 0.15) is 11.6 Å². The minimum atomic E-state index is -0.658. The topological polar surface area (TPSA) is 79.3 Å². The Morgan fingerprint density at radius 1 is 1.08 bits per heavy atom. The highest BCUT2D eigenvalue weighted by atomic mass is 19.1. The Labute approximate surface area is 146 Å². The highest BCUT2D eigenvalue weighted by molar-refractivity contribution is 5.96. The van der Waals surface area contributed by atoms with Crippen LogP contribution in [0.4, 0.5) is 10.2 Å². The van der Waals surface area contributed by atoms with E-state index in [1.807, 2.05) is 24.3 Å². The average molecular weight is 348 g/mol. The fourth-order valence-electron chi connectivity index (χ4n) is 3.67. The lowest BCUT2D eigenvalue weighted by Gasteiger charge is -2.26. The zero-order chi connectivity index (χ0) is 17.8. The molecule has 4 aromatic rings. The van der Waals surface area contributed by atoms with Gasteiger partial charge in [0.25, 0.3) is 5.56 Å². The lowest BCUT2D eigenvalue weighted by molar-refractivity contribution is -0.116. The van der Waals surface area contributed by atoms with E-state index in [4.69, 9.17) is 0 Å². The van der Waals surface area contributed by atoms with Gasteiger partial charge in [-0.3, -0.25) is 19.0 Å². The van der Waals surface area contributed by atoms with Crippen LogP contribution in [0.25, 0.3) is 16.8 Å². The summed E-state index contributed by atoms with van der Waals surface area (Å²) in [5.74, 6) is -0.677. The van der Waals surface area contributed by atoms with Gasteiger partial charge in [0, 0.05) is 12.3 Å². The van der Waals surface area contributed by atoms with Gasteiger partial charge < -0.3 is 5.32 Å². The number of carbonyl (C=O) groups excluding carboxylic acids is 1. The molecule has 26 heavy (non-hydrogen) atoms. The summed E-state index contributed by atoms with van der Waals surface area (Å²) in [5.41, 5.74) is 1.74. The highest BCUT2D eigenvalue weighted by Crippen LogP contribution is 2.36. The monoisotopic (exact) mass is 348 g/mol. The number of H-pyrrole nitrogens is 1. The Bertz CT molecular complexity index is 1260. The molecule has 2 aromatic carbocycles. The van der Waals surface area contributed by atoms with Crippen LogP contribution in [-0.4, -0.2) is 20.3 Å². The minimum Gasteiger partial charge on any atom is -0.311 e. The summed E-state index contributed by atoms with van der Waals surface area (Å²) in [6.07, 6.45) is 0.00908. The van der Waals surface area contributed by atoms with E-state index in [9.17, 15) is 14.0 Å². The minimum absolute atomic E-state index is 0.00908. The summed E-state index contributed by atoms with van der Waals surface area (Å²) >= 11 is 0. The maximum absolute atomic E-state index is 14.4. The van der Waals surface area contributed by atoms with Crippen molar-refractivity contribution in [2.75, 3.05) is 5.32 Å². The Balaban J connectivity index is 1.89. The van der Waals surface area contributed by atoms with Crippen LogP contribution in [-0.2, 0) is 4.79 Å². The fraction of sp³-hybridized carbons (Fsp3) is 0.105. The van der Waals surface area contributed by atoms with Crippen molar-refractivity contribution >= 4 is 28.5 Å². The van der Waals surface area contributed by atoms with Crippen molar-refractivity contribution in [1.29, 1.82) is 0 Å². The number of aromatic amines is 1. The molecule has 0 saturated heterocycles. The number of anilines is 1. The lowest BCUT2D eigenvalue weighted by atomic mass is 9.86. The van der Waals surface area contributed by atoms with Gasteiger partial charge in [-0.2, -0.15) is 0 Å². The number of imidazole rings is 1. The molecule has 7 heteroatoms. The summed E-state index contributed by atoms with van der Waals surface area (Å²) in [6, 6.07) is 13.6. The highest BCUT2D eigenvalue weighted by Gasteiger charge is 2.33. The smallest absolute Gasteiger partial charge is 0.258 e. The molecule has 0 unspecified atom stereocenters. The van der Waals surface area contributed by atoms with E-state index in [0.717, 1.165) is 5.52 Å². The first-order valence-electron chi connectivity index (χ1n) is 8.21. The molecule has 1 aliphatic rings. The first-order valence-corrected chi connectivity index (χ1v) is 8.21. The molecule has 0 radical (unpaired) electrons. The maximum Gasteiger partial charge on any atom is 0.258 e. The average Bonchev–Trinajstić information content (AvgIpc) is 2.99. The largest absolute Gasteiger partial charge is 0.311 e. The third-order valence-corrected chi connectivity index (χ3v) is 4.79. The van der Waals surface area contributed by atoms with E-state index in [1.54, 1.807) is 22.6 Å². The van der Waals surface area contributed by atoms with E-state index >= 15 is 0 Å². The number of aromatic nitrogens is 3. The number of carbonyl (C=O) groups is 1. The number of para-hydroxylation sites is 2. The van der Waals surface area contributed by atoms with Gasteiger partial charge >= 0.3 is 0 Å². The molecular formula is C19H13FN4O2. The lowest BCUT2D eigenvalue weighted by Crippen LogP contribution is -2.32. The van der Waals surface area contributed by atoms with Crippen molar-refractivity contribution in [3.63, 3.8) is 0 Å². The van der Waals surface area contributed by atoms with Crippen LogP contribution in [0.3, 0.4) is 0 Å². The summed E-state index contributed by atoms with van der Waals surface area (Å²) < 4.78 is 16.1. The third-order valence-electron chi connectivity index (χ3n) is 4.79. The molecule has 6 nitrogen and oxygen atoms in total. The fourth-order valence-corrected chi connectivity index (χ4v) is 3.67. The number of fused-ring (bicyclic) bond motifs is 5. The van der Waals surface area contributed by atoms with E-state index < -0.39 is 11.7 Å². The van der Waals surface area contributed by atoms with Crippen LogP contribution in [0.1, 0.15) is 23.5 Å². The van der Waals surface area contributed by atoms with Gasteiger partial charge in [0.15, 0.2) is 0 Å². The number of nitrogens with one attached hydrogen (secondary N) is 2. The van der Waals surface area contributed by atoms with Crippen LogP contribution >= 0.6 is 0 Å². The summed E-state index contributed by atoms with van der Waals surface area (Å²) in [6.45, 7) is 0. The molecule has 0 aliphatic carbocycles. The number of hydrogen-bond acceptors (Lipinski definition) is 3. The van der Waals surface area contributed by atoms with Crippen molar-refractivity contribution in [2.45, 2.75) is 12.3 Å². The quantitative estimate of drug-likeness (QED) is 0.555. The molecule has 1 aliphatic heterocycles. The number of halogens is 1. The molecule has 1 amide bonds. The number of amides is 1. The van der Waals surface area contributed by atoms with Crippen LogP contribution in [0.2, 0.25) is 0 Å². The zero-order valence-corrected chi connectivity index (χ0v) is 13.5. The van der Waals surface area contributed by atoms with Gasteiger partial charge in [-0.15, -0.1) is 0 Å². The van der Waals surface area contributed by atoms with Crippen LogP contribution in [0.15, 0.2) is 53.3 Å². The SMILES string of the molecule is O=C1C[C@H](c2ccccc2F)c2c(n3c(nc4ccccc43)[nH]c2=O)N1. The second kappa shape index (κ2) is 5.26. The molecule has 0 spiro atoms. The standard InChI is InChI=1S/C19H13FN4O2/c20-12-6-2-1-5-10(12)11-9-15(25)22-17-16(11)18(26)23-19-21-13-7-3-4-8-14(13)24(17)19/h1-8,11H,9H2,(H,22,25)(H,21,23,26)/t11-/m1/s1. The van der Waals surface area contributed by atoms with Gasteiger partial charge in [-0.25, -0.2) is 9.37 Å². The third kappa shape index (κ3) is 2.00. The summed E-state index contributed by atoms with van der Waals surface area (Å²) in [4.78, 5) is 32.3. The van der Waals surface area contributed by atoms with E-state index in [0.29, 0.717) is 28.2 Å². The number of nitrogens with zero attached hydrogens (tertiary/aromatic N) is 2. The van der Waals surface area contributed by atoms with Crippen LogP contribution in [0, 0.1) is 5.82 Å². The zero-order valence-electron chi connectivity index (χ0n) is 13.5. The second-order valence-electron chi connectivity index (χ2n) is 6.30. The van der Waals surface area contributed by atoms with Gasteiger partial charge in [-0.1, -0.05) is 30.3 Å². The molecule has 0 fully saturated rings. The first-order chi connectivity index (χ1) is 12.6. The van der Waals surface area contributed by atoms with E-state index in [1.165, 1.54) is 6.07 Å². The van der Waals surface area contributed by atoms with Crippen molar-refractivity contribution in [3.05, 3.63) is 75.8 Å². The van der Waals surface area contributed by atoms with E-state index in [-0.39, 0.29) is 17.9 Å². The summed E-state index contributed by atoms with van der Waals surface area (Å²) in [5, 5.41) is 2.78. The number of rotatable bonds is 1. The van der Waals surface area contributed by atoms with Crippen molar-refractivity contribution in [2.24, 2.45) is 0 Å². The Hall–Kier alpha value is -3.48. The van der Waals surface area contributed by atoms with E-state index in [2.05, 4.69) is 15.3 Å². The molecule has 0 bridgehead atoms. The molecule has 2 aromatic heterocycles. The van der Waals surface area contributed by atoms with Gasteiger partial charge in [0.2, 0.25) is 11.7 Å². The Morgan fingerprint density at radius 3 is 2.69 bits per heavy atom. The number of benzene rings is 2. The van der Waals surface area contributed by atoms with Crippen molar-refractivity contribution in [3.8, 4) is 0 Å². The molecular weight excluding hydrogens is 335 g/mol. The predicted molar refractivity (Wildman–Crippen MR) is 94.8 cm³/mol. The van der Waals surface area contributed by atoms with Crippen LogP contribution < -0.4 is 10.9 Å². The second-order valence-corrected chi connectivity index (χ2v) is 6.30. The normalized spacial score (nSPS) is 16.7. The van der Waals surface area contributed by atoms with Gasteiger partial charge in [-0.05, 0) is 23.8 Å². The van der Waals surface area contributed by atoms with Crippen LogP contribution in [0.5, 0.6) is 0 Å². The van der Waals surface area contributed by atoms with Gasteiger partial charge in [0.05, 0.1) is 16.6 Å². The molecule has 2 N–H and O–H groups in total. The molecule has 1 atom stereocenters. The maximum atomic E-state index is 14.4. The number of hydrogen-bond donors (Lipinski definition) is 2. The molecule has 128 valence electrons. The summed E-state index contributed by atoms with van der Waals surface area (Å²) in [7, 11) is 0. The predicted octanol–water partition coefficient (Wildman–Crippen LogP) is 2.79. The molecule has 3 heterocycles. The molecule has 5 rings (SSSR count).